The number of hydrogen-bond donors (Lipinski definition) is 0. The molecule has 1 aromatic heterocycles. The van der Waals surface area contributed by atoms with Gasteiger partial charge >= 0.3 is 0 Å². The van der Waals surface area contributed by atoms with Crippen LogP contribution in [0.1, 0.15) is 32.4 Å². The molecule has 0 aliphatic carbocycles. The van der Waals surface area contributed by atoms with Crippen LogP contribution in [0.25, 0.3) is 0 Å². The number of hydrogen-bond acceptors (Lipinski definition) is 5. The molecule has 0 radical (unpaired) electrons. The Kier molecular flexibility index (Phi) is 4.87. The Labute approximate surface area is 140 Å². The highest BCUT2D eigenvalue weighted by Crippen LogP contribution is 2.34. The minimum atomic E-state index is 0.298. The van der Waals surface area contributed by atoms with Gasteiger partial charge in [-0.05, 0) is 46.6 Å². The van der Waals surface area contributed by atoms with Crippen molar-refractivity contribution < 1.29 is 0 Å². The lowest BCUT2D eigenvalue weighted by molar-refractivity contribution is 0.0147. The van der Waals surface area contributed by atoms with Crippen LogP contribution in [-0.2, 0) is 0 Å². The molecule has 0 amide bonds. The molecule has 2 aliphatic rings. The number of anilines is 1. The first-order valence-corrected chi connectivity index (χ1v) is 8.94. The molecule has 0 saturated carbocycles. The number of nitrogens with zero attached hydrogens (tertiary/aromatic N) is 5. The van der Waals surface area contributed by atoms with Gasteiger partial charge in [-0.1, -0.05) is 0 Å². The fraction of sp³-hybridized carbons (Fsp3) is 0.778. The number of aryl methyl sites for hydroxylation is 1. The van der Waals surface area contributed by atoms with Gasteiger partial charge in [0.05, 0.1) is 18.1 Å². The van der Waals surface area contributed by atoms with Crippen molar-refractivity contribution in [1.29, 1.82) is 0 Å². The van der Waals surface area contributed by atoms with E-state index in [0.29, 0.717) is 5.54 Å². The number of piperidine rings is 1. The standard InChI is InChI=1S/C18H31N5/c1-15-13-20-17(14-19-15)22-7-5-16(6-8-22)18(2,3)23-11-9-21(4)10-12-23/h13-14,16H,5-12H2,1-4H3. The summed E-state index contributed by atoms with van der Waals surface area (Å²) in [7, 11) is 2.23. The van der Waals surface area contributed by atoms with Crippen LogP contribution in [0.4, 0.5) is 5.82 Å². The summed E-state index contributed by atoms with van der Waals surface area (Å²) in [6, 6.07) is 0. The SMILES string of the molecule is Cc1cnc(N2CCC(C(C)(C)N3CCN(C)CC3)CC2)cn1. The third-order valence-corrected chi connectivity index (χ3v) is 5.90. The van der Waals surface area contributed by atoms with Crippen LogP contribution in [-0.4, -0.2) is 71.6 Å². The summed E-state index contributed by atoms with van der Waals surface area (Å²) in [5.74, 6) is 1.80. The van der Waals surface area contributed by atoms with Gasteiger partial charge in [0.15, 0.2) is 0 Å². The minimum absolute atomic E-state index is 0.298. The molecule has 3 rings (SSSR count). The highest BCUT2D eigenvalue weighted by Gasteiger charge is 2.38. The monoisotopic (exact) mass is 317 g/mol. The summed E-state index contributed by atoms with van der Waals surface area (Å²) in [5.41, 5.74) is 1.28. The third-order valence-electron chi connectivity index (χ3n) is 5.90. The van der Waals surface area contributed by atoms with Gasteiger partial charge in [0, 0.05) is 44.8 Å². The maximum atomic E-state index is 4.53. The first kappa shape index (κ1) is 16.7. The predicted octanol–water partition coefficient (Wildman–Crippen LogP) is 2.03. The average molecular weight is 317 g/mol. The summed E-state index contributed by atoms with van der Waals surface area (Å²) < 4.78 is 0. The Hall–Kier alpha value is -1.20. The van der Waals surface area contributed by atoms with Crippen LogP contribution in [0.5, 0.6) is 0 Å². The quantitative estimate of drug-likeness (QED) is 0.852. The molecule has 0 spiro atoms. The van der Waals surface area contributed by atoms with E-state index in [1.165, 1.54) is 39.0 Å². The van der Waals surface area contributed by atoms with E-state index in [9.17, 15) is 0 Å². The molecule has 2 aliphatic heterocycles. The first-order valence-electron chi connectivity index (χ1n) is 8.94. The van der Waals surface area contributed by atoms with Crippen LogP contribution in [0.15, 0.2) is 12.4 Å². The Balaban J connectivity index is 1.58. The van der Waals surface area contributed by atoms with E-state index >= 15 is 0 Å². The molecule has 1 aromatic rings. The van der Waals surface area contributed by atoms with Crippen molar-refractivity contribution >= 4 is 5.82 Å². The smallest absolute Gasteiger partial charge is 0.147 e. The van der Waals surface area contributed by atoms with Gasteiger partial charge < -0.3 is 9.80 Å². The van der Waals surface area contributed by atoms with Gasteiger partial charge in [-0.2, -0.15) is 0 Å². The average Bonchev–Trinajstić information content (AvgIpc) is 2.56. The second-order valence-corrected chi connectivity index (χ2v) is 7.72. The Morgan fingerprint density at radius 1 is 0.957 bits per heavy atom. The molecule has 5 heteroatoms. The van der Waals surface area contributed by atoms with Crippen LogP contribution in [0.2, 0.25) is 0 Å². The highest BCUT2D eigenvalue weighted by molar-refractivity contribution is 5.36. The second kappa shape index (κ2) is 6.73. The van der Waals surface area contributed by atoms with Crippen molar-refractivity contribution in [2.45, 2.75) is 39.2 Å². The van der Waals surface area contributed by atoms with E-state index in [-0.39, 0.29) is 0 Å². The van der Waals surface area contributed by atoms with E-state index in [2.05, 4.69) is 45.6 Å². The van der Waals surface area contributed by atoms with E-state index < -0.39 is 0 Å². The zero-order valence-electron chi connectivity index (χ0n) is 15.1. The van der Waals surface area contributed by atoms with Gasteiger partial charge in [0.2, 0.25) is 0 Å². The van der Waals surface area contributed by atoms with E-state index in [0.717, 1.165) is 30.5 Å². The Morgan fingerprint density at radius 3 is 2.17 bits per heavy atom. The summed E-state index contributed by atoms with van der Waals surface area (Å²) in [6.45, 7) is 13.9. The van der Waals surface area contributed by atoms with Gasteiger partial charge in [0.25, 0.3) is 0 Å². The molecule has 0 N–H and O–H groups in total. The lowest BCUT2D eigenvalue weighted by Gasteiger charge is -2.49. The topological polar surface area (TPSA) is 35.5 Å². The molecule has 3 heterocycles. The summed E-state index contributed by atoms with van der Waals surface area (Å²) >= 11 is 0. The maximum absolute atomic E-state index is 4.53. The second-order valence-electron chi connectivity index (χ2n) is 7.72. The lowest BCUT2D eigenvalue weighted by Crippen LogP contribution is -2.58. The number of likely N-dealkylation sites (N-methyl/N-ethyl adjacent to an activating group) is 1. The Morgan fingerprint density at radius 2 is 1.61 bits per heavy atom. The van der Waals surface area contributed by atoms with Crippen LogP contribution in [0, 0.1) is 12.8 Å². The third kappa shape index (κ3) is 3.66. The Bertz CT molecular complexity index is 497. The van der Waals surface area contributed by atoms with Gasteiger partial charge in [-0.15, -0.1) is 0 Å². The van der Waals surface area contributed by atoms with Crippen LogP contribution < -0.4 is 4.90 Å². The van der Waals surface area contributed by atoms with E-state index in [1.54, 1.807) is 0 Å². The van der Waals surface area contributed by atoms with Crippen molar-refractivity contribution in [3.8, 4) is 0 Å². The van der Waals surface area contributed by atoms with Crippen LogP contribution in [0.3, 0.4) is 0 Å². The molecule has 128 valence electrons. The predicted molar refractivity (Wildman–Crippen MR) is 94.9 cm³/mol. The van der Waals surface area contributed by atoms with Crippen LogP contribution >= 0.6 is 0 Å². The minimum Gasteiger partial charge on any atom is -0.355 e. The summed E-state index contributed by atoms with van der Waals surface area (Å²) in [6.07, 6.45) is 6.28. The summed E-state index contributed by atoms with van der Waals surface area (Å²) in [4.78, 5) is 16.5. The van der Waals surface area contributed by atoms with Gasteiger partial charge in [-0.3, -0.25) is 9.88 Å². The van der Waals surface area contributed by atoms with Crippen molar-refractivity contribution in [3.05, 3.63) is 18.1 Å². The van der Waals surface area contributed by atoms with Crippen molar-refractivity contribution in [2.24, 2.45) is 5.92 Å². The summed E-state index contributed by atoms with van der Waals surface area (Å²) in [5, 5.41) is 0. The fourth-order valence-corrected chi connectivity index (χ4v) is 4.01. The largest absolute Gasteiger partial charge is 0.355 e. The maximum Gasteiger partial charge on any atom is 0.147 e. The van der Waals surface area contributed by atoms with Crippen molar-refractivity contribution in [1.82, 2.24) is 19.8 Å². The molecular weight excluding hydrogens is 286 g/mol. The van der Waals surface area contributed by atoms with Crippen molar-refractivity contribution in [3.63, 3.8) is 0 Å². The first-order chi connectivity index (χ1) is 11.0. The van der Waals surface area contributed by atoms with Gasteiger partial charge in [0.1, 0.15) is 5.82 Å². The molecule has 0 atom stereocenters. The molecule has 0 unspecified atom stereocenters. The normalized spacial score (nSPS) is 22.5. The number of aromatic nitrogens is 2. The molecule has 5 nitrogen and oxygen atoms in total. The zero-order chi connectivity index (χ0) is 16.4. The molecule has 2 saturated heterocycles. The molecule has 0 bridgehead atoms. The number of rotatable bonds is 3. The van der Waals surface area contributed by atoms with Gasteiger partial charge in [-0.25, -0.2) is 4.98 Å². The lowest BCUT2D eigenvalue weighted by atomic mass is 9.78. The zero-order valence-corrected chi connectivity index (χ0v) is 15.1. The fourth-order valence-electron chi connectivity index (χ4n) is 4.01. The van der Waals surface area contributed by atoms with Crippen molar-refractivity contribution in [2.75, 3.05) is 51.2 Å². The molecular formula is C18H31N5. The number of piperazine rings is 1. The van der Waals surface area contributed by atoms with E-state index in [4.69, 9.17) is 0 Å². The molecule has 23 heavy (non-hydrogen) atoms. The van der Waals surface area contributed by atoms with E-state index in [1.807, 2.05) is 19.3 Å². The molecule has 0 aromatic carbocycles. The molecule has 2 fully saturated rings. The highest BCUT2D eigenvalue weighted by atomic mass is 15.3.